The molecule has 3 N–H and O–H groups in total. The molecular formula is C9H12ClNO2. The molecule has 0 radical (unpaired) electrons. The van der Waals surface area contributed by atoms with Gasteiger partial charge in [0.1, 0.15) is 5.75 Å². The van der Waals surface area contributed by atoms with E-state index in [1.54, 1.807) is 25.3 Å². The van der Waals surface area contributed by atoms with E-state index in [0.29, 0.717) is 16.3 Å². The number of benzene rings is 1. The van der Waals surface area contributed by atoms with E-state index in [9.17, 15) is 5.11 Å². The van der Waals surface area contributed by atoms with E-state index in [-0.39, 0.29) is 6.54 Å². The van der Waals surface area contributed by atoms with E-state index in [2.05, 4.69) is 0 Å². The molecule has 1 atom stereocenters. The first-order valence-electron chi connectivity index (χ1n) is 3.90. The van der Waals surface area contributed by atoms with Gasteiger partial charge >= 0.3 is 0 Å². The average Bonchev–Trinajstić information content (AvgIpc) is 2.15. The minimum Gasteiger partial charge on any atom is -0.497 e. The zero-order chi connectivity index (χ0) is 9.84. The quantitative estimate of drug-likeness (QED) is 0.776. The van der Waals surface area contributed by atoms with Gasteiger partial charge in [0.15, 0.2) is 0 Å². The molecule has 0 aliphatic rings. The Hall–Kier alpha value is -0.770. The molecule has 0 bridgehead atoms. The largest absolute Gasteiger partial charge is 0.497 e. The van der Waals surface area contributed by atoms with Crippen LogP contribution in [0.5, 0.6) is 5.75 Å². The average molecular weight is 202 g/mol. The summed E-state index contributed by atoms with van der Waals surface area (Å²) < 4.78 is 4.99. The first kappa shape index (κ1) is 10.3. The minimum atomic E-state index is -0.687. The standard InChI is InChI=1S/C9H12ClNO2/c1-13-8-3-6(9(12)5-11)2-7(10)4-8/h2-4,9,12H,5,11H2,1H3. The van der Waals surface area contributed by atoms with Crippen molar-refractivity contribution in [3.8, 4) is 5.75 Å². The number of nitrogens with two attached hydrogens (primary N) is 1. The van der Waals surface area contributed by atoms with Gasteiger partial charge in [-0.05, 0) is 23.8 Å². The Labute approximate surface area is 82.1 Å². The van der Waals surface area contributed by atoms with Crippen molar-refractivity contribution in [2.24, 2.45) is 5.73 Å². The maximum Gasteiger partial charge on any atom is 0.120 e. The summed E-state index contributed by atoms with van der Waals surface area (Å²) in [6.07, 6.45) is -0.687. The van der Waals surface area contributed by atoms with Crippen molar-refractivity contribution in [1.29, 1.82) is 0 Å². The summed E-state index contributed by atoms with van der Waals surface area (Å²) in [4.78, 5) is 0. The molecule has 0 spiro atoms. The SMILES string of the molecule is COc1cc(Cl)cc(C(O)CN)c1. The van der Waals surface area contributed by atoms with Gasteiger partial charge in [-0.1, -0.05) is 11.6 Å². The van der Waals surface area contributed by atoms with Gasteiger partial charge in [0.05, 0.1) is 13.2 Å². The minimum absolute atomic E-state index is 0.170. The zero-order valence-electron chi connectivity index (χ0n) is 7.33. The molecule has 3 nitrogen and oxygen atoms in total. The fourth-order valence-corrected chi connectivity index (χ4v) is 1.26. The topological polar surface area (TPSA) is 55.5 Å². The first-order valence-corrected chi connectivity index (χ1v) is 4.27. The predicted molar refractivity (Wildman–Crippen MR) is 52.0 cm³/mol. The van der Waals surface area contributed by atoms with Crippen molar-refractivity contribution >= 4 is 11.6 Å². The maximum atomic E-state index is 9.43. The van der Waals surface area contributed by atoms with Crippen molar-refractivity contribution in [3.63, 3.8) is 0 Å². The van der Waals surface area contributed by atoms with Crippen LogP contribution in [0.4, 0.5) is 0 Å². The van der Waals surface area contributed by atoms with Gasteiger partial charge in [-0.15, -0.1) is 0 Å². The molecule has 1 unspecified atom stereocenters. The third-order valence-corrected chi connectivity index (χ3v) is 1.96. The van der Waals surface area contributed by atoms with E-state index < -0.39 is 6.10 Å². The third kappa shape index (κ3) is 2.59. The van der Waals surface area contributed by atoms with E-state index in [1.165, 1.54) is 0 Å². The molecule has 0 heterocycles. The van der Waals surface area contributed by atoms with Crippen LogP contribution in [0.3, 0.4) is 0 Å². The van der Waals surface area contributed by atoms with Crippen LogP contribution in [-0.2, 0) is 0 Å². The number of halogens is 1. The van der Waals surface area contributed by atoms with Crippen LogP contribution in [0.25, 0.3) is 0 Å². The molecule has 0 saturated heterocycles. The van der Waals surface area contributed by atoms with Gasteiger partial charge in [0, 0.05) is 11.6 Å². The number of hydrogen-bond acceptors (Lipinski definition) is 3. The molecule has 13 heavy (non-hydrogen) atoms. The van der Waals surface area contributed by atoms with Crippen LogP contribution >= 0.6 is 11.6 Å². The summed E-state index contributed by atoms with van der Waals surface area (Å²) in [5, 5.41) is 9.96. The summed E-state index contributed by atoms with van der Waals surface area (Å²) in [7, 11) is 1.55. The lowest BCUT2D eigenvalue weighted by Crippen LogP contribution is -2.11. The van der Waals surface area contributed by atoms with Crippen molar-refractivity contribution in [2.75, 3.05) is 13.7 Å². The summed E-state index contributed by atoms with van der Waals surface area (Å²) >= 11 is 5.80. The molecule has 1 aromatic carbocycles. The highest BCUT2D eigenvalue weighted by molar-refractivity contribution is 6.30. The number of aliphatic hydroxyl groups excluding tert-OH is 1. The highest BCUT2D eigenvalue weighted by Crippen LogP contribution is 2.24. The van der Waals surface area contributed by atoms with Gasteiger partial charge in [0.2, 0.25) is 0 Å². The highest BCUT2D eigenvalue weighted by atomic mass is 35.5. The third-order valence-electron chi connectivity index (χ3n) is 1.74. The Morgan fingerprint density at radius 1 is 1.54 bits per heavy atom. The summed E-state index contributed by atoms with van der Waals surface area (Å²) in [5.74, 6) is 0.620. The van der Waals surface area contributed by atoms with Crippen molar-refractivity contribution in [1.82, 2.24) is 0 Å². The molecule has 0 saturated carbocycles. The Bertz CT molecular complexity index is 291. The molecule has 0 aromatic heterocycles. The Morgan fingerprint density at radius 2 is 2.23 bits per heavy atom. The van der Waals surface area contributed by atoms with E-state index in [4.69, 9.17) is 22.1 Å². The summed E-state index contributed by atoms with van der Waals surface area (Å²) in [6.45, 7) is 0.170. The second kappa shape index (κ2) is 4.46. The fourth-order valence-electron chi connectivity index (χ4n) is 1.03. The van der Waals surface area contributed by atoms with Crippen LogP contribution in [0.1, 0.15) is 11.7 Å². The van der Waals surface area contributed by atoms with Crippen molar-refractivity contribution in [2.45, 2.75) is 6.10 Å². The Balaban J connectivity index is 3.01. The lowest BCUT2D eigenvalue weighted by molar-refractivity contribution is 0.186. The molecule has 0 fully saturated rings. The zero-order valence-corrected chi connectivity index (χ0v) is 8.08. The number of methoxy groups -OCH3 is 1. The van der Waals surface area contributed by atoms with Crippen LogP contribution in [-0.4, -0.2) is 18.8 Å². The Morgan fingerprint density at radius 3 is 2.77 bits per heavy atom. The molecule has 72 valence electrons. The Kier molecular flexibility index (Phi) is 3.54. The number of aliphatic hydroxyl groups is 1. The van der Waals surface area contributed by atoms with Gasteiger partial charge in [-0.2, -0.15) is 0 Å². The van der Waals surface area contributed by atoms with E-state index >= 15 is 0 Å². The van der Waals surface area contributed by atoms with E-state index in [1.807, 2.05) is 0 Å². The van der Waals surface area contributed by atoms with Crippen molar-refractivity contribution in [3.05, 3.63) is 28.8 Å². The fraction of sp³-hybridized carbons (Fsp3) is 0.333. The second-order valence-corrected chi connectivity index (χ2v) is 3.11. The molecule has 1 rings (SSSR count). The van der Waals surface area contributed by atoms with Gasteiger partial charge in [-0.25, -0.2) is 0 Å². The lowest BCUT2D eigenvalue weighted by Gasteiger charge is -2.10. The molecular weight excluding hydrogens is 190 g/mol. The van der Waals surface area contributed by atoms with Crippen LogP contribution < -0.4 is 10.5 Å². The molecule has 0 aliphatic carbocycles. The molecule has 0 amide bonds. The summed E-state index contributed by atoms with van der Waals surface area (Å²) in [5.41, 5.74) is 5.98. The highest BCUT2D eigenvalue weighted by Gasteiger charge is 2.07. The molecule has 1 aromatic rings. The monoisotopic (exact) mass is 201 g/mol. The maximum absolute atomic E-state index is 9.43. The lowest BCUT2D eigenvalue weighted by atomic mass is 10.1. The number of ether oxygens (including phenoxy) is 1. The van der Waals surface area contributed by atoms with E-state index in [0.717, 1.165) is 0 Å². The van der Waals surface area contributed by atoms with Crippen LogP contribution in [0.15, 0.2) is 18.2 Å². The molecule has 0 aliphatic heterocycles. The summed E-state index contributed by atoms with van der Waals surface area (Å²) in [6, 6.07) is 5.05. The van der Waals surface area contributed by atoms with Gasteiger partial charge < -0.3 is 15.6 Å². The first-order chi connectivity index (χ1) is 6.17. The van der Waals surface area contributed by atoms with Crippen LogP contribution in [0.2, 0.25) is 5.02 Å². The molecule has 4 heteroatoms. The number of rotatable bonds is 3. The van der Waals surface area contributed by atoms with Crippen LogP contribution in [0, 0.1) is 0 Å². The predicted octanol–water partition coefficient (Wildman–Crippen LogP) is 1.34. The van der Waals surface area contributed by atoms with Gasteiger partial charge in [0.25, 0.3) is 0 Å². The second-order valence-electron chi connectivity index (χ2n) is 2.68. The van der Waals surface area contributed by atoms with Gasteiger partial charge in [-0.3, -0.25) is 0 Å². The smallest absolute Gasteiger partial charge is 0.120 e. The number of hydrogen-bond donors (Lipinski definition) is 2. The normalized spacial score (nSPS) is 12.6. The van der Waals surface area contributed by atoms with Crippen molar-refractivity contribution < 1.29 is 9.84 Å².